The van der Waals surface area contributed by atoms with Gasteiger partial charge in [0, 0.05) is 6.04 Å². The predicted octanol–water partition coefficient (Wildman–Crippen LogP) is 0.496. The molecule has 0 fully saturated rings. The molecule has 0 unspecified atom stereocenters. The summed E-state index contributed by atoms with van der Waals surface area (Å²) < 4.78 is 0. The molecule has 0 heterocycles. The Hall–Kier alpha value is -0.570. The molecule has 0 aliphatic rings. The topological polar surface area (TPSA) is 55.1 Å². The number of nitrogens with one attached hydrogen (secondary N) is 1. The van der Waals surface area contributed by atoms with Gasteiger partial charge in [0.2, 0.25) is 5.91 Å². The first-order valence-electron chi connectivity index (χ1n) is 4.09. The Morgan fingerprint density at radius 2 is 2.09 bits per heavy atom. The van der Waals surface area contributed by atoms with Gasteiger partial charge in [0.25, 0.3) is 0 Å². The van der Waals surface area contributed by atoms with E-state index in [0.29, 0.717) is 12.0 Å². The first-order chi connectivity index (χ1) is 5.07. The summed E-state index contributed by atoms with van der Waals surface area (Å²) in [5, 5.41) is 3.06. The average molecular weight is 158 g/mol. The van der Waals surface area contributed by atoms with Crippen LogP contribution in [0, 0.1) is 5.92 Å². The van der Waals surface area contributed by atoms with Crippen LogP contribution >= 0.6 is 0 Å². The Morgan fingerprint density at radius 3 is 2.45 bits per heavy atom. The molecule has 0 aromatic carbocycles. The Labute approximate surface area is 68.3 Å². The van der Waals surface area contributed by atoms with Gasteiger partial charge in [0.15, 0.2) is 0 Å². The third-order valence-corrected chi connectivity index (χ3v) is 2.10. The molecule has 0 spiro atoms. The van der Waals surface area contributed by atoms with Crippen LogP contribution in [0.5, 0.6) is 0 Å². The third kappa shape index (κ3) is 4.79. The van der Waals surface area contributed by atoms with Gasteiger partial charge in [0.05, 0.1) is 6.54 Å². The lowest BCUT2D eigenvalue weighted by molar-refractivity contribution is -0.117. The van der Waals surface area contributed by atoms with Crippen LogP contribution in [-0.4, -0.2) is 18.5 Å². The Kier molecular flexibility index (Phi) is 4.86. The highest BCUT2D eigenvalue weighted by Gasteiger charge is 2.09. The number of carbonyl (C=O) groups excluding carboxylic acids is 1. The lowest BCUT2D eigenvalue weighted by Gasteiger charge is -2.18. The zero-order chi connectivity index (χ0) is 8.85. The number of hydrogen-bond donors (Lipinski definition) is 2. The lowest BCUT2D eigenvalue weighted by Crippen LogP contribution is -2.38. The largest absolute Gasteiger partial charge is 0.369 e. The molecular weight excluding hydrogens is 140 g/mol. The molecule has 0 bridgehead atoms. The van der Waals surface area contributed by atoms with Crippen molar-refractivity contribution in [2.24, 2.45) is 11.7 Å². The normalized spacial score (nSPS) is 15.9. The Bertz CT molecular complexity index is 125. The van der Waals surface area contributed by atoms with E-state index in [1.54, 1.807) is 0 Å². The van der Waals surface area contributed by atoms with Gasteiger partial charge in [-0.2, -0.15) is 0 Å². The minimum Gasteiger partial charge on any atom is -0.369 e. The molecule has 1 amide bonds. The van der Waals surface area contributed by atoms with E-state index in [9.17, 15) is 4.79 Å². The first kappa shape index (κ1) is 10.4. The molecule has 0 radical (unpaired) electrons. The Balaban J connectivity index is 3.51. The molecule has 2 atom stereocenters. The average Bonchev–Trinajstić information content (AvgIpc) is 1.98. The van der Waals surface area contributed by atoms with E-state index in [1.807, 2.05) is 0 Å². The van der Waals surface area contributed by atoms with Gasteiger partial charge in [-0.3, -0.25) is 4.79 Å². The second kappa shape index (κ2) is 5.13. The molecule has 0 saturated carbocycles. The quantitative estimate of drug-likeness (QED) is 0.612. The Morgan fingerprint density at radius 1 is 1.55 bits per heavy atom. The smallest absolute Gasteiger partial charge is 0.231 e. The van der Waals surface area contributed by atoms with Crippen molar-refractivity contribution >= 4 is 5.91 Å². The van der Waals surface area contributed by atoms with Gasteiger partial charge in [-0.25, -0.2) is 0 Å². The van der Waals surface area contributed by atoms with Crippen LogP contribution in [0.25, 0.3) is 0 Å². The number of carbonyl (C=O) groups is 1. The molecule has 3 heteroatoms. The maximum Gasteiger partial charge on any atom is 0.231 e. The van der Waals surface area contributed by atoms with Crippen LogP contribution < -0.4 is 11.1 Å². The lowest BCUT2D eigenvalue weighted by atomic mass is 10.0. The van der Waals surface area contributed by atoms with Gasteiger partial charge >= 0.3 is 0 Å². The van der Waals surface area contributed by atoms with Gasteiger partial charge in [-0.1, -0.05) is 20.3 Å². The zero-order valence-corrected chi connectivity index (χ0v) is 7.55. The number of hydrogen-bond acceptors (Lipinski definition) is 2. The maximum absolute atomic E-state index is 10.4. The van der Waals surface area contributed by atoms with Crippen molar-refractivity contribution in [3.8, 4) is 0 Å². The molecular formula is C8H18N2O. The summed E-state index contributed by atoms with van der Waals surface area (Å²) in [7, 11) is 0. The summed E-state index contributed by atoms with van der Waals surface area (Å²) >= 11 is 0. The monoisotopic (exact) mass is 158 g/mol. The van der Waals surface area contributed by atoms with Crippen molar-refractivity contribution in [2.45, 2.75) is 33.2 Å². The van der Waals surface area contributed by atoms with Crippen LogP contribution in [-0.2, 0) is 4.79 Å². The van der Waals surface area contributed by atoms with Crippen molar-refractivity contribution in [2.75, 3.05) is 6.54 Å². The maximum atomic E-state index is 10.4. The third-order valence-electron chi connectivity index (χ3n) is 2.10. The minimum atomic E-state index is -0.292. The van der Waals surface area contributed by atoms with E-state index in [4.69, 9.17) is 5.73 Å². The van der Waals surface area contributed by atoms with E-state index < -0.39 is 0 Å². The summed E-state index contributed by atoms with van der Waals surface area (Å²) in [6, 6.07) is 0.368. The van der Waals surface area contributed by atoms with Crippen molar-refractivity contribution in [3.63, 3.8) is 0 Å². The highest BCUT2D eigenvalue weighted by Crippen LogP contribution is 2.05. The van der Waals surface area contributed by atoms with Gasteiger partial charge in [-0.05, 0) is 12.8 Å². The van der Waals surface area contributed by atoms with Gasteiger partial charge in [0.1, 0.15) is 0 Å². The summed E-state index contributed by atoms with van der Waals surface area (Å²) in [5.74, 6) is 0.300. The molecule has 0 aromatic rings. The fraction of sp³-hybridized carbons (Fsp3) is 0.875. The summed E-state index contributed by atoms with van der Waals surface area (Å²) in [6.07, 6.45) is 1.12. The fourth-order valence-electron chi connectivity index (χ4n) is 0.816. The molecule has 3 nitrogen and oxygen atoms in total. The molecule has 0 aliphatic heterocycles. The van der Waals surface area contributed by atoms with Crippen LogP contribution in [0.3, 0.4) is 0 Å². The number of primary amides is 1. The van der Waals surface area contributed by atoms with Gasteiger partial charge in [-0.15, -0.1) is 0 Å². The predicted molar refractivity (Wildman–Crippen MR) is 46.1 cm³/mol. The molecule has 66 valence electrons. The summed E-state index contributed by atoms with van der Waals surface area (Å²) in [4.78, 5) is 10.4. The fourth-order valence-corrected chi connectivity index (χ4v) is 0.816. The van der Waals surface area contributed by atoms with Crippen LogP contribution in [0.4, 0.5) is 0 Å². The van der Waals surface area contributed by atoms with E-state index in [2.05, 4.69) is 26.1 Å². The second-order valence-electron chi connectivity index (χ2n) is 3.02. The van der Waals surface area contributed by atoms with E-state index in [0.717, 1.165) is 6.42 Å². The minimum absolute atomic E-state index is 0.283. The van der Waals surface area contributed by atoms with Crippen LogP contribution in [0.1, 0.15) is 27.2 Å². The molecule has 11 heavy (non-hydrogen) atoms. The van der Waals surface area contributed by atoms with Crippen molar-refractivity contribution in [1.82, 2.24) is 5.32 Å². The van der Waals surface area contributed by atoms with Crippen molar-refractivity contribution in [3.05, 3.63) is 0 Å². The van der Waals surface area contributed by atoms with Crippen LogP contribution in [0.15, 0.2) is 0 Å². The van der Waals surface area contributed by atoms with Crippen molar-refractivity contribution < 1.29 is 4.79 Å². The summed E-state index contributed by atoms with van der Waals surface area (Å²) in [6.45, 7) is 6.63. The molecule has 0 aliphatic carbocycles. The standard InChI is InChI=1S/C8H18N2O/c1-4-6(2)7(3)10-5-8(9)11/h6-7,10H,4-5H2,1-3H3,(H2,9,11)/t6-,7-/m0/s1. The summed E-state index contributed by atoms with van der Waals surface area (Å²) in [5.41, 5.74) is 4.98. The van der Waals surface area contributed by atoms with Crippen molar-refractivity contribution in [1.29, 1.82) is 0 Å². The van der Waals surface area contributed by atoms with E-state index in [1.165, 1.54) is 0 Å². The SMILES string of the molecule is CC[C@H](C)[C@H](C)NCC(N)=O. The van der Waals surface area contributed by atoms with E-state index >= 15 is 0 Å². The molecule has 0 saturated heterocycles. The highest BCUT2D eigenvalue weighted by molar-refractivity contribution is 5.75. The molecule has 3 N–H and O–H groups in total. The number of amides is 1. The second-order valence-corrected chi connectivity index (χ2v) is 3.02. The molecule has 0 rings (SSSR count). The zero-order valence-electron chi connectivity index (χ0n) is 7.55. The first-order valence-corrected chi connectivity index (χ1v) is 4.09. The number of nitrogens with two attached hydrogens (primary N) is 1. The van der Waals surface area contributed by atoms with Crippen LogP contribution in [0.2, 0.25) is 0 Å². The van der Waals surface area contributed by atoms with Gasteiger partial charge < -0.3 is 11.1 Å². The van der Waals surface area contributed by atoms with E-state index in [-0.39, 0.29) is 12.5 Å². The highest BCUT2D eigenvalue weighted by atomic mass is 16.1. The number of rotatable bonds is 5. The molecule has 0 aromatic heterocycles.